The Morgan fingerprint density at radius 1 is 1.24 bits per heavy atom. The molecular weight excluding hydrogens is 448 g/mol. The highest BCUT2D eigenvalue weighted by atomic mass is 32.1. The fourth-order valence-electron chi connectivity index (χ4n) is 5.07. The van der Waals surface area contributed by atoms with E-state index in [1.165, 1.54) is 16.9 Å². The first-order chi connectivity index (χ1) is 16.4. The van der Waals surface area contributed by atoms with Crippen molar-refractivity contribution in [2.75, 3.05) is 30.8 Å². The molecule has 0 radical (unpaired) electrons. The molecule has 0 bridgehead atoms. The molecule has 9 heteroatoms. The minimum absolute atomic E-state index is 0.0228. The lowest BCUT2D eigenvalue weighted by molar-refractivity contribution is 0.0789. The standard InChI is InChI=1S/C25H32N6O2S/c1-14-5-8-17-22(27)23(34-25(17)28-14)24(32)29-16-7-9-19-15(12-16)6-10-21(30-19)31-11-3-4-20(33-2)18(26)13-31/h5-6,8,10,16,18,20H,3-4,7,9,11-13,26-27H2,1-2H3,(H,29,32)/t16-,18-,20+/m0/s1. The maximum atomic E-state index is 13.0. The number of methoxy groups -OCH3 is 1. The van der Waals surface area contributed by atoms with Crippen LogP contribution in [0, 0.1) is 6.92 Å². The number of nitrogens with two attached hydrogens (primary N) is 2. The number of pyridine rings is 2. The molecule has 1 aliphatic heterocycles. The summed E-state index contributed by atoms with van der Waals surface area (Å²) >= 11 is 1.36. The largest absolute Gasteiger partial charge is 0.397 e. The summed E-state index contributed by atoms with van der Waals surface area (Å²) in [6.45, 7) is 3.61. The van der Waals surface area contributed by atoms with Crippen LogP contribution in [0.15, 0.2) is 24.3 Å². The number of thiophene rings is 1. The number of aryl methyl sites for hydroxylation is 2. The van der Waals surface area contributed by atoms with Crippen molar-refractivity contribution in [2.24, 2.45) is 5.73 Å². The van der Waals surface area contributed by atoms with Gasteiger partial charge in [0.2, 0.25) is 0 Å². The lowest BCUT2D eigenvalue weighted by atomic mass is 9.91. The van der Waals surface area contributed by atoms with E-state index >= 15 is 0 Å². The van der Waals surface area contributed by atoms with Crippen LogP contribution in [-0.2, 0) is 17.6 Å². The van der Waals surface area contributed by atoms with Gasteiger partial charge in [-0.25, -0.2) is 9.97 Å². The van der Waals surface area contributed by atoms with E-state index in [0.29, 0.717) is 10.6 Å². The predicted molar refractivity (Wildman–Crippen MR) is 137 cm³/mol. The number of anilines is 2. The molecule has 3 aromatic heterocycles. The van der Waals surface area contributed by atoms with Crippen molar-refractivity contribution in [1.29, 1.82) is 0 Å². The van der Waals surface area contributed by atoms with Crippen molar-refractivity contribution in [3.8, 4) is 0 Å². The number of nitrogen functional groups attached to an aromatic ring is 1. The van der Waals surface area contributed by atoms with Crippen LogP contribution in [0.1, 0.15) is 45.9 Å². The average molecular weight is 481 g/mol. The number of nitrogens with one attached hydrogen (secondary N) is 1. The van der Waals surface area contributed by atoms with E-state index in [4.69, 9.17) is 21.2 Å². The van der Waals surface area contributed by atoms with E-state index in [0.717, 1.165) is 72.6 Å². The summed E-state index contributed by atoms with van der Waals surface area (Å²) in [5.74, 6) is 0.858. The van der Waals surface area contributed by atoms with Crippen LogP contribution >= 0.6 is 11.3 Å². The van der Waals surface area contributed by atoms with E-state index < -0.39 is 0 Å². The van der Waals surface area contributed by atoms with Crippen LogP contribution in [0.5, 0.6) is 0 Å². The molecule has 0 aromatic carbocycles. The number of carbonyl (C=O) groups excluding carboxylic acids is 1. The molecular formula is C25H32N6O2S. The topological polar surface area (TPSA) is 119 Å². The highest BCUT2D eigenvalue weighted by molar-refractivity contribution is 7.21. The van der Waals surface area contributed by atoms with Crippen LogP contribution in [0.3, 0.4) is 0 Å². The van der Waals surface area contributed by atoms with Crippen LogP contribution in [0.2, 0.25) is 0 Å². The van der Waals surface area contributed by atoms with Crippen LogP contribution in [0.4, 0.5) is 11.5 Å². The van der Waals surface area contributed by atoms with Crippen LogP contribution in [-0.4, -0.2) is 54.3 Å². The van der Waals surface area contributed by atoms with Crippen molar-refractivity contribution in [3.05, 3.63) is 46.1 Å². The van der Waals surface area contributed by atoms with E-state index in [1.54, 1.807) is 7.11 Å². The van der Waals surface area contributed by atoms with Gasteiger partial charge in [0.25, 0.3) is 5.91 Å². The number of nitrogens with zero attached hydrogens (tertiary/aromatic N) is 3. The smallest absolute Gasteiger partial charge is 0.263 e. The lowest BCUT2D eigenvalue weighted by Crippen LogP contribution is -2.43. The third kappa shape index (κ3) is 4.47. The number of carbonyl (C=O) groups is 1. The van der Waals surface area contributed by atoms with Gasteiger partial charge in [0.05, 0.1) is 11.8 Å². The molecule has 1 fully saturated rings. The van der Waals surface area contributed by atoms with Gasteiger partial charge >= 0.3 is 0 Å². The molecule has 5 rings (SSSR count). The van der Waals surface area contributed by atoms with Crippen molar-refractivity contribution < 1.29 is 9.53 Å². The molecule has 3 atom stereocenters. The summed E-state index contributed by atoms with van der Waals surface area (Å²) in [5.41, 5.74) is 16.4. The third-order valence-corrected chi connectivity index (χ3v) is 8.09. The van der Waals surface area contributed by atoms with Gasteiger partial charge in [-0.05, 0) is 62.8 Å². The maximum Gasteiger partial charge on any atom is 0.263 e. The monoisotopic (exact) mass is 480 g/mol. The number of rotatable bonds is 4. The van der Waals surface area contributed by atoms with Gasteiger partial charge in [0.15, 0.2) is 0 Å². The number of amides is 1. The number of hydrogen-bond acceptors (Lipinski definition) is 8. The maximum absolute atomic E-state index is 13.0. The van der Waals surface area contributed by atoms with Crippen molar-refractivity contribution >= 4 is 39.0 Å². The Morgan fingerprint density at radius 2 is 2.09 bits per heavy atom. The second-order valence-corrected chi connectivity index (χ2v) is 10.4. The highest BCUT2D eigenvalue weighted by Gasteiger charge is 2.27. The van der Waals surface area contributed by atoms with Gasteiger partial charge in [-0.1, -0.05) is 6.07 Å². The van der Waals surface area contributed by atoms with Gasteiger partial charge < -0.3 is 26.4 Å². The Hall–Kier alpha value is -2.75. The second-order valence-electron chi connectivity index (χ2n) is 9.36. The van der Waals surface area contributed by atoms with Gasteiger partial charge in [0, 0.05) is 49.1 Å². The van der Waals surface area contributed by atoms with Crippen LogP contribution < -0.4 is 21.7 Å². The summed E-state index contributed by atoms with van der Waals surface area (Å²) in [7, 11) is 1.74. The summed E-state index contributed by atoms with van der Waals surface area (Å²) in [6.07, 6.45) is 4.55. The van der Waals surface area contributed by atoms with Crippen molar-refractivity contribution in [2.45, 2.75) is 57.2 Å². The van der Waals surface area contributed by atoms with Crippen LogP contribution in [0.25, 0.3) is 10.2 Å². The predicted octanol–water partition coefficient (Wildman–Crippen LogP) is 2.81. The van der Waals surface area contributed by atoms with Gasteiger partial charge in [-0.2, -0.15) is 0 Å². The first-order valence-corrected chi connectivity index (χ1v) is 12.7. The van der Waals surface area contributed by atoms with E-state index in [2.05, 4.69) is 27.3 Å². The summed E-state index contributed by atoms with van der Waals surface area (Å²) in [6, 6.07) is 8.13. The number of aromatic nitrogens is 2. The quantitative estimate of drug-likeness (QED) is 0.525. The fourth-order valence-corrected chi connectivity index (χ4v) is 6.11. The Bertz CT molecular complexity index is 1210. The van der Waals surface area contributed by atoms with Gasteiger partial charge in [-0.15, -0.1) is 11.3 Å². The van der Waals surface area contributed by atoms with Crippen molar-refractivity contribution in [3.63, 3.8) is 0 Å². The molecule has 1 amide bonds. The van der Waals surface area contributed by atoms with E-state index in [-0.39, 0.29) is 24.1 Å². The fraction of sp³-hybridized carbons (Fsp3) is 0.480. The first-order valence-electron chi connectivity index (χ1n) is 11.9. The molecule has 2 aliphatic rings. The lowest BCUT2D eigenvalue weighted by Gasteiger charge is -2.29. The van der Waals surface area contributed by atoms with E-state index in [9.17, 15) is 4.79 Å². The SMILES string of the molecule is CO[C@@H]1CCCN(c2ccc3c(n2)CC[C@H](NC(=O)c2sc4nc(C)ccc4c2N)C3)C[C@@H]1N. The zero-order valence-electron chi connectivity index (χ0n) is 19.7. The molecule has 5 N–H and O–H groups in total. The molecule has 1 saturated heterocycles. The molecule has 0 spiro atoms. The summed E-state index contributed by atoms with van der Waals surface area (Å²) in [4.78, 5) is 26.1. The Labute approximate surface area is 203 Å². The minimum Gasteiger partial charge on any atom is -0.397 e. The van der Waals surface area contributed by atoms with Gasteiger partial charge in [0.1, 0.15) is 15.5 Å². The second kappa shape index (κ2) is 9.48. The molecule has 8 nitrogen and oxygen atoms in total. The summed E-state index contributed by atoms with van der Waals surface area (Å²) in [5, 5.41) is 4.03. The first kappa shape index (κ1) is 23.0. The molecule has 0 unspecified atom stereocenters. The number of hydrogen-bond donors (Lipinski definition) is 3. The molecule has 3 aromatic rings. The molecule has 34 heavy (non-hydrogen) atoms. The molecule has 1 aliphatic carbocycles. The zero-order chi connectivity index (χ0) is 23.8. The Morgan fingerprint density at radius 3 is 2.91 bits per heavy atom. The molecule has 180 valence electrons. The normalized spacial score (nSPS) is 22.9. The highest BCUT2D eigenvalue weighted by Crippen LogP contribution is 2.33. The Kier molecular flexibility index (Phi) is 6.42. The minimum atomic E-state index is -0.123. The van der Waals surface area contributed by atoms with Crippen molar-refractivity contribution in [1.82, 2.24) is 15.3 Å². The van der Waals surface area contributed by atoms with Gasteiger partial charge in [-0.3, -0.25) is 4.79 Å². The Balaban J connectivity index is 1.27. The zero-order valence-corrected chi connectivity index (χ0v) is 20.5. The number of fused-ring (bicyclic) bond motifs is 2. The molecule has 4 heterocycles. The third-order valence-electron chi connectivity index (χ3n) is 6.98. The number of ether oxygens (including phenoxy) is 1. The average Bonchev–Trinajstić information content (AvgIpc) is 3.03. The van der Waals surface area contributed by atoms with E-state index in [1.807, 2.05) is 19.1 Å². The summed E-state index contributed by atoms with van der Waals surface area (Å²) < 4.78 is 5.55. The molecule has 0 saturated carbocycles.